The highest BCUT2D eigenvalue weighted by Gasteiger charge is 2.32. The molecule has 0 radical (unpaired) electrons. The van der Waals surface area contributed by atoms with Crippen LogP contribution in [0.25, 0.3) is 0 Å². The first-order valence-electron chi connectivity index (χ1n) is 7.70. The van der Waals surface area contributed by atoms with Crippen LogP contribution in [-0.2, 0) is 6.18 Å². The van der Waals surface area contributed by atoms with E-state index in [4.69, 9.17) is 4.74 Å². The number of hydrogen-bond acceptors (Lipinski definition) is 2. The number of hydrogen-bond donors (Lipinski definition) is 0. The molecule has 2 aromatic carbocycles. The van der Waals surface area contributed by atoms with Crippen LogP contribution >= 0.6 is 22.6 Å². The van der Waals surface area contributed by atoms with Crippen LogP contribution in [0.3, 0.4) is 0 Å². The molecule has 6 heteroatoms. The van der Waals surface area contributed by atoms with Crippen molar-refractivity contribution in [1.82, 2.24) is 4.90 Å². The molecule has 1 heterocycles. The Bertz CT molecular complexity index is 677. The third kappa shape index (κ3) is 4.22. The number of rotatable bonds is 4. The molecule has 128 valence electrons. The normalized spacial score (nSPS) is 20.1. The summed E-state index contributed by atoms with van der Waals surface area (Å²) in [6, 6.07) is 15.3. The molecular formula is C18H17F3INO. The van der Waals surface area contributed by atoms with Crippen molar-refractivity contribution >= 4 is 22.6 Å². The number of alkyl halides is 4. The van der Waals surface area contributed by atoms with Crippen molar-refractivity contribution in [2.75, 3.05) is 13.1 Å². The molecule has 2 aromatic rings. The van der Waals surface area contributed by atoms with Crippen LogP contribution < -0.4 is 4.74 Å². The Kier molecular flexibility index (Phi) is 5.34. The second kappa shape index (κ2) is 7.31. The molecule has 1 saturated heterocycles. The summed E-state index contributed by atoms with van der Waals surface area (Å²) in [5.74, 6) is 0.279. The van der Waals surface area contributed by atoms with Crippen molar-refractivity contribution in [2.24, 2.45) is 0 Å². The fourth-order valence-corrected chi connectivity index (χ4v) is 3.74. The molecule has 0 aliphatic carbocycles. The van der Waals surface area contributed by atoms with E-state index in [1.165, 1.54) is 11.6 Å². The second-order valence-electron chi connectivity index (χ2n) is 5.80. The average Bonchev–Trinajstić information content (AvgIpc) is 3.03. The number of halogens is 4. The fourth-order valence-electron chi connectivity index (χ4n) is 2.82. The molecule has 0 amide bonds. The van der Waals surface area contributed by atoms with Crippen LogP contribution in [0.4, 0.5) is 13.2 Å². The van der Waals surface area contributed by atoms with Gasteiger partial charge in [0, 0.05) is 13.1 Å². The first-order chi connectivity index (χ1) is 11.4. The van der Waals surface area contributed by atoms with Crippen LogP contribution in [0, 0.1) is 0 Å². The molecule has 1 aliphatic rings. The Hall–Kier alpha value is -1.28. The molecule has 0 aromatic heterocycles. The molecule has 2 nitrogen and oxygen atoms in total. The average molecular weight is 447 g/mol. The molecule has 2 unspecified atom stereocenters. The van der Waals surface area contributed by atoms with Crippen molar-refractivity contribution in [3.63, 3.8) is 0 Å². The summed E-state index contributed by atoms with van der Waals surface area (Å²) < 4.78 is 44.3. The van der Waals surface area contributed by atoms with Gasteiger partial charge in [0.05, 0.1) is 9.61 Å². The topological polar surface area (TPSA) is 12.5 Å². The lowest BCUT2D eigenvalue weighted by Gasteiger charge is -2.23. The number of nitrogens with zero attached hydrogens (tertiary/aromatic N) is 1. The van der Waals surface area contributed by atoms with Crippen LogP contribution in [0.2, 0.25) is 0 Å². The van der Waals surface area contributed by atoms with Crippen LogP contribution in [0.1, 0.15) is 21.6 Å². The minimum Gasteiger partial charge on any atom is -0.489 e. The van der Waals surface area contributed by atoms with E-state index in [2.05, 4.69) is 39.6 Å². The highest BCUT2D eigenvalue weighted by Crippen LogP contribution is 2.34. The van der Waals surface area contributed by atoms with Crippen molar-refractivity contribution < 1.29 is 17.9 Å². The summed E-state index contributed by atoms with van der Waals surface area (Å²) in [6.07, 6.45) is -3.63. The Labute approximate surface area is 152 Å². The van der Waals surface area contributed by atoms with Gasteiger partial charge in [0.2, 0.25) is 0 Å². The first kappa shape index (κ1) is 17.5. The SMILES string of the molecule is FC(F)(F)c1cccc(OC2CCN(C(I)c3ccccc3)C2)c1. The summed E-state index contributed by atoms with van der Waals surface area (Å²) in [7, 11) is 0. The summed E-state index contributed by atoms with van der Waals surface area (Å²) in [5, 5.41) is 0. The maximum absolute atomic E-state index is 12.8. The Balaban J connectivity index is 1.62. The van der Waals surface area contributed by atoms with Gasteiger partial charge in [-0.2, -0.15) is 13.2 Å². The first-order valence-corrected chi connectivity index (χ1v) is 8.95. The zero-order valence-electron chi connectivity index (χ0n) is 12.8. The lowest BCUT2D eigenvalue weighted by Crippen LogP contribution is -2.26. The van der Waals surface area contributed by atoms with Gasteiger partial charge in [-0.05, 0) is 30.2 Å². The Morgan fingerprint density at radius 1 is 1.08 bits per heavy atom. The van der Waals surface area contributed by atoms with Crippen molar-refractivity contribution in [2.45, 2.75) is 22.7 Å². The molecule has 24 heavy (non-hydrogen) atoms. The van der Waals surface area contributed by atoms with E-state index >= 15 is 0 Å². The summed E-state index contributed by atoms with van der Waals surface area (Å²) >= 11 is 2.39. The van der Waals surface area contributed by atoms with Gasteiger partial charge in [-0.1, -0.05) is 59.0 Å². The van der Waals surface area contributed by atoms with Crippen LogP contribution in [0.5, 0.6) is 5.75 Å². The van der Waals surface area contributed by atoms with Gasteiger partial charge in [0.25, 0.3) is 0 Å². The second-order valence-corrected chi connectivity index (χ2v) is 6.98. The molecule has 2 atom stereocenters. The number of likely N-dealkylation sites (tertiary alicyclic amines) is 1. The molecule has 0 saturated carbocycles. The van der Waals surface area contributed by atoms with Gasteiger partial charge in [-0.25, -0.2) is 0 Å². The zero-order chi connectivity index (χ0) is 17.2. The molecule has 0 bridgehead atoms. The fraction of sp³-hybridized carbons (Fsp3) is 0.333. The lowest BCUT2D eigenvalue weighted by molar-refractivity contribution is -0.137. The highest BCUT2D eigenvalue weighted by molar-refractivity contribution is 14.1. The summed E-state index contributed by atoms with van der Waals surface area (Å²) in [5.41, 5.74) is 0.545. The van der Waals surface area contributed by atoms with Gasteiger partial charge >= 0.3 is 6.18 Å². The van der Waals surface area contributed by atoms with Gasteiger partial charge in [0.15, 0.2) is 0 Å². The molecule has 1 aliphatic heterocycles. The Morgan fingerprint density at radius 3 is 2.54 bits per heavy atom. The van der Waals surface area contributed by atoms with Crippen LogP contribution in [0.15, 0.2) is 54.6 Å². The van der Waals surface area contributed by atoms with E-state index in [9.17, 15) is 13.2 Å². The standard InChI is InChI=1S/C18H17F3INO/c19-18(20,21)14-7-4-8-15(11-14)24-16-9-10-23(12-16)17(22)13-5-2-1-3-6-13/h1-8,11,16-17H,9-10,12H2. The van der Waals surface area contributed by atoms with E-state index in [0.29, 0.717) is 6.54 Å². The quantitative estimate of drug-likeness (QED) is 0.359. The predicted molar refractivity (Wildman–Crippen MR) is 95.3 cm³/mol. The van der Waals surface area contributed by atoms with Gasteiger partial charge < -0.3 is 4.74 Å². The monoisotopic (exact) mass is 447 g/mol. The number of ether oxygens (including phenoxy) is 1. The van der Waals surface area contributed by atoms with E-state index < -0.39 is 11.7 Å². The van der Waals surface area contributed by atoms with Crippen molar-refractivity contribution in [3.8, 4) is 5.75 Å². The Morgan fingerprint density at radius 2 is 1.83 bits per heavy atom. The van der Waals surface area contributed by atoms with Gasteiger partial charge in [0.1, 0.15) is 11.9 Å². The van der Waals surface area contributed by atoms with Gasteiger partial charge in [-0.3, -0.25) is 4.90 Å². The van der Waals surface area contributed by atoms with Crippen molar-refractivity contribution in [3.05, 3.63) is 65.7 Å². The third-order valence-corrected chi connectivity index (χ3v) is 5.54. The smallest absolute Gasteiger partial charge is 0.416 e. The number of benzene rings is 2. The molecule has 1 fully saturated rings. The minimum absolute atomic E-state index is 0.0885. The predicted octanol–water partition coefficient (Wildman–Crippen LogP) is 5.29. The van der Waals surface area contributed by atoms with Crippen molar-refractivity contribution in [1.29, 1.82) is 0 Å². The highest BCUT2D eigenvalue weighted by atomic mass is 127. The van der Waals surface area contributed by atoms with E-state index in [1.807, 2.05) is 18.2 Å². The molecular weight excluding hydrogens is 430 g/mol. The maximum Gasteiger partial charge on any atom is 0.416 e. The molecule has 0 N–H and O–H groups in total. The van der Waals surface area contributed by atoms with E-state index in [1.54, 1.807) is 6.07 Å². The summed E-state index contributed by atoms with van der Waals surface area (Å²) in [6.45, 7) is 1.57. The zero-order valence-corrected chi connectivity index (χ0v) is 15.0. The molecule has 3 rings (SSSR count). The molecule has 0 spiro atoms. The van der Waals surface area contributed by atoms with Gasteiger partial charge in [-0.15, -0.1) is 0 Å². The maximum atomic E-state index is 12.8. The largest absolute Gasteiger partial charge is 0.489 e. The summed E-state index contributed by atoms with van der Waals surface area (Å²) in [4.78, 5) is 2.29. The van der Waals surface area contributed by atoms with E-state index in [0.717, 1.165) is 25.1 Å². The lowest BCUT2D eigenvalue weighted by atomic mass is 10.2. The third-order valence-electron chi connectivity index (χ3n) is 4.04. The van der Waals surface area contributed by atoms with Crippen LogP contribution in [-0.4, -0.2) is 24.1 Å². The van der Waals surface area contributed by atoms with E-state index in [-0.39, 0.29) is 15.9 Å². The minimum atomic E-state index is -4.35.